The van der Waals surface area contributed by atoms with Gasteiger partial charge < -0.3 is 4.90 Å². The van der Waals surface area contributed by atoms with E-state index in [2.05, 4.69) is 42.2 Å². The van der Waals surface area contributed by atoms with Crippen LogP contribution in [0.1, 0.15) is 44.6 Å². The smallest absolute Gasteiger partial charge is 0.152 e. The van der Waals surface area contributed by atoms with E-state index in [1.54, 1.807) is 6.92 Å². The normalized spacial score (nSPS) is 19.5. The third kappa shape index (κ3) is 4.55. The molecule has 0 aromatic heterocycles. The number of hydrogen-bond acceptors (Lipinski definition) is 3. The summed E-state index contributed by atoms with van der Waals surface area (Å²) < 4.78 is 23.8. The summed E-state index contributed by atoms with van der Waals surface area (Å²) >= 11 is 0. The van der Waals surface area contributed by atoms with Crippen LogP contribution >= 0.6 is 0 Å². The standard InChI is InChI=1S/C17H27NO2S/c1-3-21(19,20)17-10-13-18(14-11-17)12-9-15(2)16-7-5-4-6-8-16/h4-8,15,17H,3,9-14H2,1-2H3. The summed E-state index contributed by atoms with van der Waals surface area (Å²) in [6.45, 7) is 6.93. The van der Waals surface area contributed by atoms with Crippen LogP contribution in [0, 0.1) is 0 Å². The molecule has 0 spiro atoms. The minimum Gasteiger partial charge on any atom is -0.303 e. The van der Waals surface area contributed by atoms with E-state index in [9.17, 15) is 8.42 Å². The molecule has 118 valence electrons. The molecule has 1 atom stereocenters. The van der Waals surface area contributed by atoms with Crippen LogP contribution in [0.15, 0.2) is 30.3 Å². The van der Waals surface area contributed by atoms with Gasteiger partial charge in [-0.25, -0.2) is 8.42 Å². The van der Waals surface area contributed by atoms with Crippen molar-refractivity contribution in [3.63, 3.8) is 0 Å². The molecule has 1 saturated heterocycles. The summed E-state index contributed by atoms with van der Waals surface area (Å²) in [6, 6.07) is 10.6. The van der Waals surface area contributed by atoms with E-state index in [1.807, 2.05) is 0 Å². The van der Waals surface area contributed by atoms with Crippen LogP contribution in [-0.4, -0.2) is 44.0 Å². The molecular formula is C17H27NO2S. The maximum Gasteiger partial charge on any atom is 0.152 e. The van der Waals surface area contributed by atoms with Crippen molar-refractivity contribution in [1.82, 2.24) is 4.90 Å². The molecule has 1 heterocycles. The maximum absolute atomic E-state index is 11.9. The van der Waals surface area contributed by atoms with E-state index < -0.39 is 9.84 Å². The minimum atomic E-state index is -2.85. The molecule has 1 aromatic carbocycles. The molecule has 1 aliphatic heterocycles. The van der Waals surface area contributed by atoms with Gasteiger partial charge in [-0.1, -0.05) is 44.2 Å². The summed E-state index contributed by atoms with van der Waals surface area (Å²) in [5.41, 5.74) is 1.39. The van der Waals surface area contributed by atoms with Gasteiger partial charge in [-0.2, -0.15) is 0 Å². The summed E-state index contributed by atoms with van der Waals surface area (Å²) in [6.07, 6.45) is 2.74. The van der Waals surface area contributed by atoms with Gasteiger partial charge >= 0.3 is 0 Å². The summed E-state index contributed by atoms with van der Waals surface area (Å²) in [5.74, 6) is 0.839. The van der Waals surface area contributed by atoms with Gasteiger partial charge in [0, 0.05) is 5.75 Å². The van der Waals surface area contributed by atoms with Gasteiger partial charge in [0.2, 0.25) is 0 Å². The predicted molar refractivity (Wildman–Crippen MR) is 88.4 cm³/mol. The lowest BCUT2D eigenvalue weighted by Gasteiger charge is -2.32. The Morgan fingerprint density at radius 1 is 1.19 bits per heavy atom. The third-order valence-corrected chi connectivity index (χ3v) is 6.98. The van der Waals surface area contributed by atoms with Crippen LogP contribution in [0.3, 0.4) is 0 Å². The molecule has 0 bridgehead atoms. The number of nitrogens with zero attached hydrogens (tertiary/aromatic N) is 1. The van der Waals surface area contributed by atoms with Crippen molar-refractivity contribution in [3.8, 4) is 0 Å². The van der Waals surface area contributed by atoms with E-state index >= 15 is 0 Å². The first kappa shape index (κ1) is 16.5. The van der Waals surface area contributed by atoms with Crippen molar-refractivity contribution in [2.24, 2.45) is 0 Å². The fourth-order valence-corrected chi connectivity index (χ4v) is 4.45. The SMILES string of the molecule is CCS(=O)(=O)C1CCN(CCC(C)c2ccccc2)CC1. The molecule has 2 rings (SSSR count). The predicted octanol–water partition coefficient (Wildman–Crippen LogP) is 3.08. The highest BCUT2D eigenvalue weighted by molar-refractivity contribution is 7.92. The molecule has 0 saturated carbocycles. The summed E-state index contributed by atoms with van der Waals surface area (Å²) in [7, 11) is -2.85. The largest absolute Gasteiger partial charge is 0.303 e. The first-order valence-electron chi connectivity index (χ1n) is 8.01. The Hall–Kier alpha value is -0.870. The molecule has 0 N–H and O–H groups in total. The van der Waals surface area contributed by atoms with Crippen LogP contribution in [-0.2, 0) is 9.84 Å². The molecular weight excluding hydrogens is 282 g/mol. The Kier molecular flexibility index (Phi) is 5.82. The Balaban J connectivity index is 1.77. The van der Waals surface area contributed by atoms with E-state index in [-0.39, 0.29) is 11.0 Å². The zero-order valence-corrected chi connectivity index (χ0v) is 14.0. The lowest BCUT2D eigenvalue weighted by molar-refractivity contribution is 0.223. The van der Waals surface area contributed by atoms with Crippen LogP contribution in [0.4, 0.5) is 0 Å². The van der Waals surface area contributed by atoms with Gasteiger partial charge in [-0.05, 0) is 50.4 Å². The second-order valence-corrected chi connectivity index (χ2v) is 8.66. The van der Waals surface area contributed by atoms with Gasteiger partial charge in [-0.15, -0.1) is 0 Å². The van der Waals surface area contributed by atoms with Gasteiger partial charge in [0.1, 0.15) is 0 Å². The highest BCUT2D eigenvalue weighted by atomic mass is 32.2. The second-order valence-electron chi connectivity index (χ2n) is 6.09. The molecule has 1 fully saturated rings. The van der Waals surface area contributed by atoms with Crippen molar-refractivity contribution in [1.29, 1.82) is 0 Å². The van der Waals surface area contributed by atoms with Crippen LogP contribution in [0.2, 0.25) is 0 Å². The molecule has 0 aliphatic carbocycles. The Morgan fingerprint density at radius 3 is 2.38 bits per heavy atom. The number of hydrogen-bond donors (Lipinski definition) is 0. The zero-order valence-electron chi connectivity index (χ0n) is 13.2. The highest BCUT2D eigenvalue weighted by Crippen LogP contribution is 2.22. The minimum absolute atomic E-state index is 0.106. The topological polar surface area (TPSA) is 37.4 Å². The molecule has 3 nitrogen and oxygen atoms in total. The van der Waals surface area contributed by atoms with Gasteiger partial charge in [0.25, 0.3) is 0 Å². The number of rotatable bonds is 6. The van der Waals surface area contributed by atoms with E-state index in [0.29, 0.717) is 5.92 Å². The summed E-state index contributed by atoms with van der Waals surface area (Å²) in [5, 5.41) is -0.106. The number of benzene rings is 1. The lowest BCUT2D eigenvalue weighted by atomic mass is 9.97. The Morgan fingerprint density at radius 2 is 1.81 bits per heavy atom. The van der Waals surface area contributed by atoms with Crippen LogP contribution < -0.4 is 0 Å². The average Bonchev–Trinajstić information content (AvgIpc) is 2.54. The zero-order chi connectivity index (χ0) is 15.3. The lowest BCUT2D eigenvalue weighted by Crippen LogP contribution is -2.40. The maximum atomic E-state index is 11.9. The van der Waals surface area contributed by atoms with Crippen LogP contribution in [0.5, 0.6) is 0 Å². The highest BCUT2D eigenvalue weighted by Gasteiger charge is 2.28. The van der Waals surface area contributed by atoms with Crippen molar-refractivity contribution >= 4 is 9.84 Å². The molecule has 1 aliphatic rings. The first-order valence-corrected chi connectivity index (χ1v) is 9.73. The summed E-state index contributed by atoms with van der Waals surface area (Å²) in [4.78, 5) is 2.42. The third-order valence-electron chi connectivity index (χ3n) is 4.69. The van der Waals surface area contributed by atoms with E-state index in [0.717, 1.165) is 38.9 Å². The van der Waals surface area contributed by atoms with Crippen LogP contribution in [0.25, 0.3) is 0 Å². The second kappa shape index (κ2) is 7.41. The molecule has 21 heavy (non-hydrogen) atoms. The quantitative estimate of drug-likeness (QED) is 0.810. The van der Waals surface area contributed by atoms with E-state index in [1.165, 1.54) is 5.56 Å². The van der Waals surface area contributed by atoms with E-state index in [4.69, 9.17) is 0 Å². The molecule has 0 radical (unpaired) electrons. The number of sulfone groups is 1. The van der Waals surface area contributed by atoms with Crippen molar-refractivity contribution in [2.45, 2.75) is 44.3 Å². The first-order chi connectivity index (χ1) is 10.0. The average molecular weight is 309 g/mol. The molecule has 1 aromatic rings. The van der Waals surface area contributed by atoms with Gasteiger partial charge in [0.15, 0.2) is 9.84 Å². The molecule has 4 heteroatoms. The fraction of sp³-hybridized carbons (Fsp3) is 0.647. The Labute approximate surface area is 129 Å². The molecule has 0 amide bonds. The number of likely N-dealkylation sites (tertiary alicyclic amines) is 1. The molecule has 1 unspecified atom stereocenters. The Bertz CT molecular complexity index is 519. The monoisotopic (exact) mass is 309 g/mol. The van der Waals surface area contributed by atoms with Gasteiger partial charge in [-0.3, -0.25) is 0 Å². The van der Waals surface area contributed by atoms with Crippen molar-refractivity contribution in [3.05, 3.63) is 35.9 Å². The van der Waals surface area contributed by atoms with Gasteiger partial charge in [0.05, 0.1) is 5.25 Å². The fourth-order valence-electron chi connectivity index (χ4n) is 3.05. The van der Waals surface area contributed by atoms with Crippen molar-refractivity contribution < 1.29 is 8.42 Å². The van der Waals surface area contributed by atoms with Crippen molar-refractivity contribution in [2.75, 3.05) is 25.4 Å². The number of piperidine rings is 1.